The molecule has 0 amide bonds. The van der Waals surface area contributed by atoms with Crippen molar-refractivity contribution in [3.8, 4) is 0 Å². The highest BCUT2D eigenvalue weighted by Gasteiger charge is 2.28. The molecule has 9 heteroatoms. The maximum Gasteiger partial charge on any atom is 0.235 e. The number of guanidine groups is 1. The molecule has 0 saturated carbocycles. The Morgan fingerprint density at radius 1 is 1.25 bits per heavy atom. The van der Waals surface area contributed by atoms with Crippen LogP contribution >= 0.6 is 35.7 Å². The molecule has 0 radical (unpaired) electrons. The van der Waals surface area contributed by atoms with Gasteiger partial charge in [0.25, 0.3) is 0 Å². The van der Waals surface area contributed by atoms with Crippen LogP contribution in [-0.4, -0.2) is 56.2 Å². The van der Waals surface area contributed by atoms with Crippen molar-refractivity contribution in [1.29, 1.82) is 0 Å². The summed E-state index contributed by atoms with van der Waals surface area (Å²) in [7, 11) is -3.14. The zero-order valence-corrected chi connectivity index (χ0v) is 17.4. The van der Waals surface area contributed by atoms with Gasteiger partial charge in [-0.3, -0.25) is 4.31 Å². The van der Waals surface area contributed by atoms with Crippen molar-refractivity contribution in [3.63, 3.8) is 0 Å². The van der Waals surface area contributed by atoms with Gasteiger partial charge in [0, 0.05) is 31.1 Å². The van der Waals surface area contributed by atoms with Gasteiger partial charge in [-0.15, -0.1) is 24.0 Å². The molecule has 0 spiro atoms. The molecule has 0 unspecified atom stereocenters. The predicted molar refractivity (Wildman–Crippen MR) is 112 cm³/mol. The summed E-state index contributed by atoms with van der Waals surface area (Å²) in [6, 6.07) is 7.56. The maximum atomic E-state index is 12.0. The topological polar surface area (TPSA) is 79.0 Å². The number of anilines is 1. The van der Waals surface area contributed by atoms with Gasteiger partial charge in [0.05, 0.1) is 18.0 Å². The van der Waals surface area contributed by atoms with E-state index in [2.05, 4.69) is 9.89 Å². The van der Waals surface area contributed by atoms with Crippen molar-refractivity contribution in [1.82, 2.24) is 4.90 Å². The number of hydrogen-bond donors (Lipinski definition) is 1. The lowest BCUT2D eigenvalue weighted by molar-refractivity contribution is 0.455. The Labute approximate surface area is 164 Å². The maximum absolute atomic E-state index is 12.0. The molecule has 24 heavy (non-hydrogen) atoms. The van der Waals surface area contributed by atoms with E-state index >= 15 is 0 Å². The monoisotopic (exact) mass is 482 g/mol. The van der Waals surface area contributed by atoms with Gasteiger partial charge in [-0.05, 0) is 24.1 Å². The van der Waals surface area contributed by atoms with E-state index in [0.717, 1.165) is 35.8 Å². The molecule has 1 aromatic rings. The summed E-state index contributed by atoms with van der Waals surface area (Å²) in [5, 5.41) is 0. The largest absolute Gasteiger partial charge is 0.370 e. The van der Waals surface area contributed by atoms with Crippen molar-refractivity contribution >= 4 is 57.4 Å². The summed E-state index contributed by atoms with van der Waals surface area (Å²) >= 11 is 1.93. The number of hydrogen-bond acceptors (Lipinski definition) is 4. The summed E-state index contributed by atoms with van der Waals surface area (Å²) in [5.41, 5.74) is 7.76. The number of rotatable bonds is 3. The lowest BCUT2D eigenvalue weighted by Gasteiger charge is -2.27. The molecule has 0 atom stereocenters. The molecule has 134 valence electrons. The first kappa shape index (κ1) is 19.6. The molecule has 2 fully saturated rings. The average molecular weight is 482 g/mol. The second-order valence-corrected chi connectivity index (χ2v) is 8.92. The van der Waals surface area contributed by atoms with E-state index in [4.69, 9.17) is 5.73 Å². The van der Waals surface area contributed by atoms with Gasteiger partial charge in [-0.1, -0.05) is 12.1 Å². The van der Waals surface area contributed by atoms with Crippen LogP contribution in [0.1, 0.15) is 12.0 Å². The summed E-state index contributed by atoms with van der Waals surface area (Å²) in [4.78, 5) is 6.57. The van der Waals surface area contributed by atoms with Crippen molar-refractivity contribution in [2.24, 2.45) is 10.7 Å². The fourth-order valence-electron chi connectivity index (χ4n) is 2.80. The first-order chi connectivity index (χ1) is 11.1. The zero-order valence-electron chi connectivity index (χ0n) is 13.4. The summed E-state index contributed by atoms with van der Waals surface area (Å²) < 4.78 is 25.5. The van der Waals surface area contributed by atoms with Crippen molar-refractivity contribution in [2.45, 2.75) is 13.0 Å². The Hall–Kier alpha value is -0.680. The van der Waals surface area contributed by atoms with E-state index in [1.165, 1.54) is 4.31 Å². The van der Waals surface area contributed by atoms with Crippen LogP contribution in [0.25, 0.3) is 0 Å². The van der Waals surface area contributed by atoms with Crippen molar-refractivity contribution in [2.75, 3.05) is 41.2 Å². The van der Waals surface area contributed by atoms with E-state index in [0.29, 0.717) is 25.5 Å². The first-order valence-electron chi connectivity index (χ1n) is 7.78. The second-order valence-electron chi connectivity index (χ2n) is 5.69. The molecular weight excluding hydrogens is 459 g/mol. The molecule has 1 aromatic carbocycles. The van der Waals surface area contributed by atoms with E-state index in [1.54, 1.807) is 0 Å². The molecule has 0 bridgehead atoms. The third-order valence-electron chi connectivity index (χ3n) is 4.06. The smallest absolute Gasteiger partial charge is 0.235 e. The predicted octanol–water partition coefficient (Wildman–Crippen LogP) is 1.71. The van der Waals surface area contributed by atoms with Gasteiger partial charge in [-0.2, -0.15) is 11.8 Å². The number of sulfonamides is 1. The molecule has 2 aliphatic heterocycles. The Kier molecular flexibility index (Phi) is 7.05. The van der Waals surface area contributed by atoms with Gasteiger partial charge in [-0.25, -0.2) is 13.4 Å². The lowest BCUT2D eigenvalue weighted by atomic mass is 10.2. The van der Waals surface area contributed by atoms with Crippen molar-refractivity contribution < 1.29 is 8.42 Å². The molecule has 0 aromatic heterocycles. The molecule has 0 aliphatic carbocycles. The normalized spacial score (nSPS) is 20.8. The summed E-state index contributed by atoms with van der Waals surface area (Å²) in [5.74, 6) is 2.97. The minimum absolute atomic E-state index is 0. The quantitative estimate of drug-likeness (QED) is 0.403. The van der Waals surface area contributed by atoms with E-state index in [1.807, 2.05) is 36.0 Å². The molecule has 3 rings (SSSR count). The fourth-order valence-corrected chi connectivity index (χ4v) is 5.26. The van der Waals surface area contributed by atoms with Crippen LogP contribution in [0.3, 0.4) is 0 Å². The van der Waals surface area contributed by atoms with E-state index in [9.17, 15) is 8.42 Å². The minimum atomic E-state index is -3.14. The Bertz CT molecular complexity index is 690. The number of benzene rings is 1. The molecule has 2 aliphatic rings. The highest BCUT2D eigenvalue weighted by atomic mass is 127. The van der Waals surface area contributed by atoms with Gasteiger partial charge >= 0.3 is 0 Å². The third-order valence-corrected chi connectivity index (χ3v) is 6.87. The molecular formula is C15H23IN4O2S2. The number of halogens is 1. The third kappa shape index (κ3) is 4.69. The van der Waals surface area contributed by atoms with Crippen LogP contribution in [-0.2, 0) is 16.6 Å². The number of thioether (sulfide) groups is 1. The molecule has 6 nitrogen and oxygen atoms in total. The highest BCUT2D eigenvalue weighted by Crippen LogP contribution is 2.25. The summed E-state index contributed by atoms with van der Waals surface area (Å²) in [6.45, 7) is 2.90. The standard InChI is InChI=1S/C15H22N4O2S2.HI/c16-15(18-6-8-22-9-7-18)17-12-13-3-1-4-14(11-13)19-5-2-10-23(19,20)21;/h1,3-4,11H,2,5-10,12H2,(H2,16,17);1H. The number of aliphatic imine (C=N–C) groups is 1. The van der Waals surface area contributed by atoms with Gasteiger partial charge in [0.15, 0.2) is 5.96 Å². The van der Waals surface area contributed by atoms with Crippen LogP contribution in [0.15, 0.2) is 29.3 Å². The number of nitrogens with two attached hydrogens (primary N) is 1. The Balaban J connectivity index is 0.00000208. The second kappa shape index (κ2) is 8.61. The summed E-state index contributed by atoms with van der Waals surface area (Å²) in [6.07, 6.45) is 0.685. The molecule has 2 heterocycles. The van der Waals surface area contributed by atoms with Crippen molar-refractivity contribution in [3.05, 3.63) is 29.8 Å². The van der Waals surface area contributed by atoms with Gasteiger partial charge < -0.3 is 10.6 Å². The first-order valence-corrected chi connectivity index (χ1v) is 10.5. The van der Waals surface area contributed by atoms with Gasteiger partial charge in [0.1, 0.15) is 0 Å². The van der Waals surface area contributed by atoms with E-state index < -0.39 is 10.0 Å². The van der Waals surface area contributed by atoms with Gasteiger partial charge in [0.2, 0.25) is 10.0 Å². The van der Waals surface area contributed by atoms with Crippen LogP contribution in [0.5, 0.6) is 0 Å². The van der Waals surface area contributed by atoms with Crippen LogP contribution in [0, 0.1) is 0 Å². The Morgan fingerprint density at radius 3 is 2.67 bits per heavy atom. The lowest BCUT2D eigenvalue weighted by Crippen LogP contribution is -2.42. The SMILES string of the molecule is I.NC(=NCc1cccc(N2CCCS2(=O)=O)c1)N1CCSCC1. The average Bonchev–Trinajstić information content (AvgIpc) is 2.93. The number of nitrogens with zero attached hydrogens (tertiary/aromatic N) is 3. The Morgan fingerprint density at radius 2 is 2.00 bits per heavy atom. The van der Waals surface area contributed by atoms with Crippen LogP contribution in [0.4, 0.5) is 5.69 Å². The molecule has 2 saturated heterocycles. The highest BCUT2D eigenvalue weighted by molar-refractivity contribution is 14.0. The fraction of sp³-hybridized carbons (Fsp3) is 0.533. The molecule has 2 N–H and O–H groups in total. The minimum Gasteiger partial charge on any atom is -0.370 e. The van der Waals surface area contributed by atoms with Crippen LogP contribution < -0.4 is 10.0 Å². The van der Waals surface area contributed by atoms with E-state index in [-0.39, 0.29) is 29.7 Å². The van der Waals surface area contributed by atoms with Crippen LogP contribution in [0.2, 0.25) is 0 Å². The zero-order chi connectivity index (χ0) is 16.3.